The summed E-state index contributed by atoms with van der Waals surface area (Å²) in [5, 5.41) is 0. The van der Waals surface area contributed by atoms with Gasteiger partial charge in [-0.3, -0.25) is 0 Å². The maximum Gasteiger partial charge on any atom is 0.162 e. The molecule has 100 valence electrons. The predicted molar refractivity (Wildman–Crippen MR) is 69.2 cm³/mol. The standard InChI is InChI=1S/C15H21F2N/c1-11-5-7-15(10-18,8-6-11)9-12-3-2-4-13(16)14(12)17/h2-4,11H,5-10,18H2,1H3. The largest absolute Gasteiger partial charge is 0.330 e. The molecule has 2 N–H and O–H groups in total. The van der Waals surface area contributed by atoms with Crippen LogP contribution in [0.3, 0.4) is 0 Å². The van der Waals surface area contributed by atoms with Gasteiger partial charge in [0.2, 0.25) is 0 Å². The summed E-state index contributed by atoms with van der Waals surface area (Å²) in [7, 11) is 0. The Morgan fingerprint density at radius 2 is 1.94 bits per heavy atom. The summed E-state index contributed by atoms with van der Waals surface area (Å²) in [4.78, 5) is 0. The van der Waals surface area contributed by atoms with E-state index in [1.54, 1.807) is 12.1 Å². The summed E-state index contributed by atoms with van der Waals surface area (Å²) in [6.07, 6.45) is 4.85. The van der Waals surface area contributed by atoms with E-state index in [2.05, 4.69) is 6.92 Å². The lowest BCUT2D eigenvalue weighted by Gasteiger charge is -2.39. The Morgan fingerprint density at radius 1 is 1.28 bits per heavy atom. The van der Waals surface area contributed by atoms with Crippen molar-refractivity contribution in [1.29, 1.82) is 0 Å². The Balaban J connectivity index is 2.17. The molecule has 18 heavy (non-hydrogen) atoms. The van der Waals surface area contributed by atoms with E-state index in [9.17, 15) is 8.78 Å². The Kier molecular flexibility index (Phi) is 4.00. The summed E-state index contributed by atoms with van der Waals surface area (Å²) < 4.78 is 26.9. The van der Waals surface area contributed by atoms with Crippen molar-refractivity contribution < 1.29 is 8.78 Å². The molecule has 1 aromatic rings. The fraction of sp³-hybridized carbons (Fsp3) is 0.600. The summed E-state index contributed by atoms with van der Waals surface area (Å²) >= 11 is 0. The fourth-order valence-corrected chi connectivity index (χ4v) is 2.92. The molecule has 0 aromatic heterocycles. The van der Waals surface area contributed by atoms with Gasteiger partial charge < -0.3 is 5.73 Å². The van der Waals surface area contributed by atoms with Crippen LogP contribution in [-0.2, 0) is 6.42 Å². The summed E-state index contributed by atoms with van der Waals surface area (Å²) in [5.41, 5.74) is 6.33. The molecule has 0 heterocycles. The van der Waals surface area contributed by atoms with Crippen LogP contribution in [0.2, 0.25) is 0 Å². The maximum atomic E-state index is 13.7. The molecule has 1 aliphatic carbocycles. The van der Waals surface area contributed by atoms with Crippen LogP contribution in [0.15, 0.2) is 18.2 Å². The van der Waals surface area contributed by atoms with E-state index in [0.29, 0.717) is 18.5 Å². The molecule has 1 nitrogen and oxygen atoms in total. The van der Waals surface area contributed by atoms with Crippen LogP contribution in [0.5, 0.6) is 0 Å². The van der Waals surface area contributed by atoms with Gasteiger partial charge in [-0.1, -0.05) is 31.9 Å². The van der Waals surface area contributed by atoms with E-state index >= 15 is 0 Å². The highest BCUT2D eigenvalue weighted by Crippen LogP contribution is 2.41. The second kappa shape index (κ2) is 5.35. The van der Waals surface area contributed by atoms with Gasteiger partial charge in [-0.15, -0.1) is 0 Å². The van der Waals surface area contributed by atoms with Crippen LogP contribution in [-0.4, -0.2) is 6.54 Å². The average molecular weight is 253 g/mol. The van der Waals surface area contributed by atoms with E-state index in [0.717, 1.165) is 37.7 Å². The van der Waals surface area contributed by atoms with Gasteiger partial charge in [0.1, 0.15) is 0 Å². The Morgan fingerprint density at radius 3 is 2.56 bits per heavy atom. The third kappa shape index (κ3) is 2.72. The van der Waals surface area contributed by atoms with Gasteiger partial charge in [-0.05, 0) is 48.8 Å². The maximum absolute atomic E-state index is 13.7. The van der Waals surface area contributed by atoms with E-state index < -0.39 is 11.6 Å². The number of rotatable bonds is 3. The minimum absolute atomic E-state index is 0.0405. The van der Waals surface area contributed by atoms with Crippen LogP contribution in [0.4, 0.5) is 8.78 Å². The third-order valence-electron chi connectivity index (χ3n) is 4.36. The summed E-state index contributed by atoms with van der Waals surface area (Å²) in [5.74, 6) is -0.741. The first-order chi connectivity index (χ1) is 8.56. The van der Waals surface area contributed by atoms with Crippen LogP contribution in [0.1, 0.15) is 38.2 Å². The molecule has 0 spiro atoms. The van der Waals surface area contributed by atoms with Crippen molar-refractivity contribution in [3.8, 4) is 0 Å². The fourth-order valence-electron chi connectivity index (χ4n) is 2.92. The second-order valence-electron chi connectivity index (χ2n) is 5.78. The highest BCUT2D eigenvalue weighted by Gasteiger charge is 2.33. The highest BCUT2D eigenvalue weighted by atomic mass is 19.2. The number of benzene rings is 1. The van der Waals surface area contributed by atoms with Gasteiger partial charge >= 0.3 is 0 Å². The third-order valence-corrected chi connectivity index (χ3v) is 4.36. The summed E-state index contributed by atoms with van der Waals surface area (Å²) in [6, 6.07) is 4.41. The minimum atomic E-state index is -0.760. The molecule has 2 rings (SSSR count). The lowest BCUT2D eigenvalue weighted by molar-refractivity contribution is 0.161. The van der Waals surface area contributed by atoms with Crippen LogP contribution >= 0.6 is 0 Å². The first kappa shape index (κ1) is 13.5. The van der Waals surface area contributed by atoms with Crippen molar-refractivity contribution in [1.82, 2.24) is 0 Å². The molecule has 1 fully saturated rings. The second-order valence-corrected chi connectivity index (χ2v) is 5.78. The minimum Gasteiger partial charge on any atom is -0.330 e. The van der Waals surface area contributed by atoms with Crippen LogP contribution in [0.25, 0.3) is 0 Å². The molecule has 1 aliphatic rings. The number of hydrogen-bond donors (Lipinski definition) is 1. The van der Waals surface area contributed by atoms with Gasteiger partial charge in [-0.25, -0.2) is 8.78 Å². The van der Waals surface area contributed by atoms with Crippen molar-refractivity contribution >= 4 is 0 Å². The van der Waals surface area contributed by atoms with E-state index in [4.69, 9.17) is 5.73 Å². The van der Waals surface area contributed by atoms with Crippen molar-refractivity contribution in [3.63, 3.8) is 0 Å². The number of halogens is 2. The number of nitrogens with two attached hydrogens (primary N) is 1. The zero-order valence-corrected chi connectivity index (χ0v) is 10.9. The van der Waals surface area contributed by atoms with Crippen molar-refractivity contribution in [3.05, 3.63) is 35.4 Å². The Bertz CT molecular complexity index is 409. The topological polar surface area (TPSA) is 26.0 Å². The normalized spacial score (nSPS) is 28.3. The molecular weight excluding hydrogens is 232 g/mol. The zero-order valence-electron chi connectivity index (χ0n) is 10.9. The van der Waals surface area contributed by atoms with Gasteiger partial charge in [0.15, 0.2) is 11.6 Å². The molecule has 0 atom stereocenters. The van der Waals surface area contributed by atoms with E-state index in [1.807, 2.05) is 0 Å². The lowest BCUT2D eigenvalue weighted by atomic mass is 9.68. The highest BCUT2D eigenvalue weighted by molar-refractivity contribution is 5.21. The molecular formula is C15H21F2N. The quantitative estimate of drug-likeness (QED) is 0.874. The Labute approximate surface area is 107 Å². The van der Waals surface area contributed by atoms with E-state index in [-0.39, 0.29) is 5.41 Å². The molecule has 0 amide bonds. The number of hydrogen-bond acceptors (Lipinski definition) is 1. The molecule has 3 heteroatoms. The molecule has 0 unspecified atom stereocenters. The monoisotopic (exact) mass is 253 g/mol. The molecule has 1 saturated carbocycles. The Hall–Kier alpha value is -0.960. The average Bonchev–Trinajstić information content (AvgIpc) is 2.38. The SMILES string of the molecule is CC1CCC(CN)(Cc2cccc(F)c2F)CC1. The first-order valence-corrected chi connectivity index (χ1v) is 6.69. The van der Waals surface area contributed by atoms with Gasteiger partial charge in [0.25, 0.3) is 0 Å². The van der Waals surface area contributed by atoms with E-state index in [1.165, 1.54) is 0 Å². The smallest absolute Gasteiger partial charge is 0.162 e. The van der Waals surface area contributed by atoms with Crippen molar-refractivity contribution in [2.24, 2.45) is 17.1 Å². The van der Waals surface area contributed by atoms with Gasteiger partial charge in [-0.2, -0.15) is 0 Å². The molecule has 0 radical (unpaired) electrons. The molecule has 0 aliphatic heterocycles. The van der Waals surface area contributed by atoms with Crippen molar-refractivity contribution in [2.75, 3.05) is 6.54 Å². The zero-order chi connectivity index (χ0) is 13.2. The van der Waals surface area contributed by atoms with Crippen LogP contribution in [0, 0.1) is 23.0 Å². The predicted octanol–water partition coefficient (Wildman–Crippen LogP) is 3.66. The lowest BCUT2D eigenvalue weighted by Crippen LogP contribution is -2.36. The molecule has 1 aromatic carbocycles. The first-order valence-electron chi connectivity index (χ1n) is 6.69. The molecule has 0 saturated heterocycles. The van der Waals surface area contributed by atoms with Crippen LogP contribution < -0.4 is 5.73 Å². The summed E-state index contributed by atoms with van der Waals surface area (Å²) in [6.45, 7) is 2.79. The molecule has 0 bridgehead atoms. The van der Waals surface area contributed by atoms with Crippen molar-refractivity contribution in [2.45, 2.75) is 39.0 Å². The van der Waals surface area contributed by atoms with Gasteiger partial charge in [0.05, 0.1) is 0 Å². The van der Waals surface area contributed by atoms with Gasteiger partial charge in [0, 0.05) is 0 Å².